The van der Waals surface area contributed by atoms with Gasteiger partial charge < -0.3 is 5.32 Å². The van der Waals surface area contributed by atoms with Gasteiger partial charge in [-0.25, -0.2) is 4.39 Å². The van der Waals surface area contributed by atoms with Crippen molar-refractivity contribution in [2.45, 2.75) is 45.1 Å². The maximum absolute atomic E-state index is 13.4. The van der Waals surface area contributed by atoms with Crippen LogP contribution in [0, 0.1) is 11.7 Å². The van der Waals surface area contributed by atoms with Crippen molar-refractivity contribution in [2.75, 3.05) is 6.54 Å². The summed E-state index contributed by atoms with van der Waals surface area (Å²) in [5, 5.41) is 3.83. The molecule has 0 heterocycles. The van der Waals surface area contributed by atoms with Crippen LogP contribution >= 0.6 is 11.6 Å². The highest BCUT2D eigenvalue weighted by Gasteiger charge is 2.25. The first-order valence-electron chi connectivity index (χ1n) is 6.88. The van der Waals surface area contributed by atoms with E-state index in [1.165, 1.54) is 31.7 Å². The van der Waals surface area contributed by atoms with Gasteiger partial charge in [-0.3, -0.25) is 0 Å². The Bertz CT molecular complexity index is 388. The number of hydrogen-bond donors (Lipinski definition) is 1. The van der Waals surface area contributed by atoms with Crippen LogP contribution in [0.15, 0.2) is 18.2 Å². The van der Waals surface area contributed by atoms with E-state index in [-0.39, 0.29) is 5.82 Å². The first kappa shape index (κ1) is 13.8. The fourth-order valence-electron chi connectivity index (χ4n) is 2.97. The fraction of sp³-hybridized carbons (Fsp3) is 0.600. The summed E-state index contributed by atoms with van der Waals surface area (Å²) in [6, 6.07) is 5.53. The summed E-state index contributed by atoms with van der Waals surface area (Å²) in [7, 11) is 0. The Balaban J connectivity index is 2.10. The van der Waals surface area contributed by atoms with Crippen LogP contribution in [0.4, 0.5) is 4.39 Å². The maximum atomic E-state index is 13.4. The molecule has 1 fully saturated rings. The third kappa shape index (κ3) is 3.24. The molecule has 0 amide bonds. The number of benzene rings is 1. The quantitative estimate of drug-likeness (QED) is 0.845. The van der Waals surface area contributed by atoms with Gasteiger partial charge in [0.15, 0.2) is 0 Å². The molecule has 18 heavy (non-hydrogen) atoms. The molecule has 0 aromatic heterocycles. The van der Waals surface area contributed by atoms with Gasteiger partial charge in [0.05, 0.1) is 5.02 Å². The summed E-state index contributed by atoms with van der Waals surface area (Å²) in [5.41, 5.74) is 0.925. The highest BCUT2D eigenvalue weighted by molar-refractivity contribution is 6.31. The van der Waals surface area contributed by atoms with Crippen molar-refractivity contribution in [3.63, 3.8) is 0 Å². The molecule has 100 valence electrons. The molecule has 0 spiro atoms. The molecule has 1 N–H and O–H groups in total. The Morgan fingerprint density at radius 2 is 2.11 bits per heavy atom. The minimum Gasteiger partial charge on any atom is -0.314 e. The zero-order valence-corrected chi connectivity index (χ0v) is 11.6. The maximum Gasteiger partial charge on any atom is 0.142 e. The van der Waals surface area contributed by atoms with Gasteiger partial charge in [-0.05, 0) is 43.4 Å². The van der Waals surface area contributed by atoms with Crippen LogP contribution in [0.1, 0.15) is 38.2 Å². The van der Waals surface area contributed by atoms with E-state index in [9.17, 15) is 4.39 Å². The Kier molecular flexibility index (Phi) is 5.02. The van der Waals surface area contributed by atoms with Gasteiger partial charge >= 0.3 is 0 Å². The number of likely N-dealkylation sites (N-methyl/N-ethyl adjacent to an activating group) is 1. The summed E-state index contributed by atoms with van der Waals surface area (Å²) in [5.74, 6) is 0.403. The molecule has 2 rings (SSSR count). The Hall–Kier alpha value is -0.600. The highest BCUT2D eigenvalue weighted by atomic mass is 35.5. The summed E-state index contributed by atoms with van der Waals surface area (Å²) < 4.78 is 13.4. The Labute approximate surface area is 114 Å². The molecule has 3 heteroatoms. The van der Waals surface area contributed by atoms with Crippen LogP contribution in [0.25, 0.3) is 0 Å². The lowest BCUT2D eigenvalue weighted by Gasteiger charge is -2.24. The van der Waals surface area contributed by atoms with Crippen LogP contribution in [0.3, 0.4) is 0 Å². The predicted molar refractivity (Wildman–Crippen MR) is 74.5 cm³/mol. The second kappa shape index (κ2) is 6.53. The summed E-state index contributed by atoms with van der Waals surface area (Å²) >= 11 is 6.04. The van der Waals surface area contributed by atoms with Crippen molar-refractivity contribution in [3.8, 4) is 0 Å². The first-order valence-corrected chi connectivity index (χ1v) is 7.26. The average molecular weight is 270 g/mol. The van der Waals surface area contributed by atoms with Gasteiger partial charge in [0.25, 0.3) is 0 Å². The molecule has 1 aliphatic carbocycles. The van der Waals surface area contributed by atoms with E-state index in [0.29, 0.717) is 17.0 Å². The molecule has 1 aromatic rings. The lowest BCUT2D eigenvalue weighted by atomic mass is 9.92. The van der Waals surface area contributed by atoms with Crippen molar-refractivity contribution in [1.29, 1.82) is 0 Å². The third-order valence-electron chi connectivity index (χ3n) is 3.91. The van der Waals surface area contributed by atoms with Gasteiger partial charge in [-0.15, -0.1) is 0 Å². The summed E-state index contributed by atoms with van der Waals surface area (Å²) in [6.07, 6.45) is 6.04. The van der Waals surface area contributed by atoms with Crippen LogP contribution in [0.2, 0.25) is 5.02 Å². The minimum atomic E-state index is -0.309. The second-order valence-electron chi connectivity index (χ2n) is 5.13. The number of rotatable bonds is 5. The highest BCUT2D eigenvalue weighted by Crippen LogP contribution is 2.30. The monoisotopic (exact) mass is 269 g/mol. The SMILES string of the molecule is CCNC(Cc1cccc(F)c1Cl)C1CCCC1. The zero-order valence-electron chi connectivity index (χ0n) is 10.9. The van der Waals surface area contributed by atoms with Crippen LogP contribution in [-0.4, -0.2) is 12.6 Å². The van der Waals surface area contributed by atoms with Crippen LogP contribution in [0.5, 0.6) is 0 Å². The number of nitrogens with one attached hydrogen (secondary N) is 1. The van der Waals surface area contributed by atoms with Crippen molar-refractivity contribution in [1.82, 2.24) is 5.32 Å². The van der Waals surface area contributed by atoms with Gasteiger partial charge in [0, 0.05) is 6.04 Å². The van der Waals surface area contributed by atoms with Crippen LogP contribution < -0.4 is 5.32 Å². The molecule has 1 aliphatic rings. The van der Waals surface area contributed by atoms with E-state index >= 15 is 0 Å². The molecular weight excluding hydrogens is 249 g/mol. The largest absolute Gasteiger partial charge is 0.314 e. The molecular formula is C15H21ClFN. The topological polar surface area (TPSA) is 12.0 Å². The molecule has 0 saturated heterocycles. The molecule has 0 aliphatic heterocycles. The fourth-order valence-corrected chi connectivity index (χ4v) is 3.17. The van der Waals surface area contributed by atoms with Gasteiger partial charge in [-0.2, -0.15) is 0 Å². The molecule has 1 atom stereocenters. The van der Waals surface area contributed by atoms with E-state index in [4.69, 9.17) is 11.6 Å². The van der Waals surface area contributed by atoms with Gasteiger partial charge in [-0.1, -0.05) is 43.5 Å². The molecule has 1 aromatic carbocycles. The lowest BCUT2D eigenvalue weighted by molar-refractivity contribution is 0.362. The standard InChI is InChI=1S/C15H21ClFN/c1-2-18-14(11-6-3-4-7-11)10-12-8-5-9-13(17)15(12)16/h5,8-9,11,14,18H,2-4,6-7,10H2,1H3. The normalized spacial score (nSPS) is 18.2. The predicted octanol–water partition coefficient (Wildman–Crippen LogP) is 4.19. The second-order valence-corrected chi connectivity index (χ2v) is 5.50. The average Bonchev–Trinajstić information content (AvgIpc) is 2.88. The third-order valence-corrected chi connectivity index (χ3v) is 4.33. The lowest BCUT2D eigenvalue weighted by Crippen LogP contribution is -2.37. The van der Waals surface area contributed by atoms with Gasteiger partial charge in [0.1, 0.15) is 5.82 Å². The molecule has 0 bridgehead atoms. The Morgan fingerprint density at radius 3 is 2.78 bits per heavy atom. The number of hydrogen-bond acceptors (Lipinski definition) is 1. The number of halogens is 2. The molecule has 1 nitrogen and oxygen atoms in total. The van der Waals surface area contributed by atoms with Gasteiger partial charge in [0.2, 0.25) is 0 Å². The zero-order chi connectivity index (χ0) is 13.0. The van der Waals surface area contributed by atoms with E-state index in [1.807, 2.05) is 6.07 Å². The van der Waals surface area contributed by atoms with Crippen LogP contribution in [-0.2, 0) is 6.42 Å². The van der Waals surface area contributed by atoms with E-state index in [1.54, 1.807) is 6.07 Å². The summed E-state index contributed by atoms with van der Waals surface area (Å²) in [4.78, 5) is 0. The van der Waals surface area contributed by atoms with Crippen molar-refractivity contribution in [3.05, 3.63) is 34.6 Å². The molecule has 1 unspecified atom stereocenters. The minimum absolute atomic E-state index is 0.290. The van der Waals surface area contributed by atoms with E-state index in [2.05, 4.69) is 12.2 Å². The summed E-state index contributed by atoms with van der Waals surface area (Å²) in [6.45, 7) is 3.07. The van der Waals surface area contributed by atoms with E-state index in [0.717, 1.165) is 18.5 Å². The Morgan fingerprint density at radius 1 is 1.39 bits per heavy atom. The first-order chi connectivity index (χ1) is 8.72. The van der Waals surface area contributed by atoms with Crippen molar-refractivity contribution in [2.24, 2.45) is 5.92 Å². The smallest absolute Gasteiger partial charge is 0.142 e. The van der Waals surface area contributed by atoms with Crippen molar-refractivity contribution >= 4 is 11.6 Å². The van der Waals surface area contributed by atoms with E-state index < -0.39 is 0 Å². The molecule has 1 saturated carbocycles. The molecule has 0 radical (unpaired) electrons. The van der Waals surface area contributed by atoms with Crippen molar-refractivity contribution < 1.29 is 4.39 Å².